The van der Waals surface area contributed by atoms with E-state index < -0.39 is 10.0 Å². The summed E-state index contributed by atoms with van der Waals surface area (Å²) in [5.41, 5.74) is 1.08. The molecule has 2 heterocycles. The molecule has 0 bridgehead atoms. The lowest BCUT2D eigenvalue weighted by Gasteiger charge is -2.35. The third-order valence-corrected chi connectivity index (χ3v) is 5.56. The first-order chi connectivity index (χ1) is 10.4. The first-order valence-electron chi connectivity index (χ1n) is 7.59. The summed E-state index contributed by atoms with van der Waals surface area (Å²) in [6.45, 7) is 0. The van der Waals surface area contributed by atoms with Gasteiger partial charge in [-0.25, -0.2) is 18.5 Å². The Hall–Kier alpha value is -1.60. The highest BCUT2D eigenvalue weighted by atomic mass is 32.2. The Labute approximate surface area is 130 Å². The summed E-state index contributed by atoms with van der Waals surface area (Å²) in [4.78, 5) is 9.95. The molecule has 0 saturated heterocycles. The molecule has 2 aromatic heterocycles. The molecule has 6 nitrogen and oxygen atoms in total. The van der Waals surface area contributed by atoms with Crippen molar-refractivity contribution >= 4 is 26.7 Å². The van der Waals surface area contributed by atoms with Crippen molar-refractivity contribution in [1.29, 1.82) is 0 Å². The number of nitrogens with zero attached hydrogens (tertiary/aromatic N) is 2. The van der Waals surface area contributed by atoms with Gasteiger partial charge in [-0.05, 0) is 43.7 Å². The van der Waals surface area contributed by atoms with Crippen LogP contribution in [0.1, 0.15) is 25.7 Å². The molecular formula is C15H22N4O2S. The summed E-state index contributed by atoms with van der Waals surface area (Å²) < 4.78 is 22.4. The maximum Gasteiger partial charge on any atom is 0.209 e. The van der Waals surface area contributed by atoms with E-state index in [1.54, 1.807) is 0 Å². The molecule has 3 N–H and O–H groups in total. The zero-order valence-electron chi connectivity index (χ0n) is 12.7. The lowest BCUT2D eigenvalue weighted by molar-refractivity contribution is 0.341. The van der Waals surface area contributed by atoms with Gasteiger partial charge >= 0.3 is 0 Å². The van der Waals surface area contributed by atoms with Gasteiger partial charge in [0.25, 0.3) is 0 Å². The molecule has 1 fully saturated rings. The van der Waals surface area contributed by atoms with E-state index in [9.17, 15) is 8.42 Å². The van der Waals surface area contributed by atoms with Crippen LogP contribution >= 0.6 is 0 Å². The van der Waals surface area contributed by atoms with Gasteiger partial charge in [-0.15, -0.1) is 0 Å². The van der Waals surface area contributed by atoms with Gasteiger partial charge in [-0.2, -0.15) is 0 Å². The number of nitrogens with two attached hydrogens (primary N) is 1. The smallest absolute Gasteiger partial charge is 0.209 e. The number of aromatic nitrogens is 2. The molecule has 2 aromatic rings. The summed E-state index contributed by atoms with van der Waals surface area (Å²) in [6, 6.07) is 4.40. The fourth-order valence-corrected chi connectivity index (χ4v) is 4.44. The molecule has 0 unspecified atom stereocenters. The minimum Gasteiger partial charge on any atom is -0.361 e. The molecule has 120 valence electrons. The first-order valence-corrected chi connectivity index (χ1v) is 9.31. The molecule has 22 heavy (non-hydrogen) atoms. The van der Waals surface area contributed by atoms with E-state index in [1.807, 2.05) is 24.5 Å². The van der Waals surface area contributed by atoms with Crippen LogP contribution in [0, 0.1) is 5.92 Å². The number of aromatic amines is 1. The summed E-state index contributed by atoms with van der Waals surface area (Å²) in [5, 5.41) is 6.27. The monoisotopic (exact) mass is 322 g/mol. The Bertz CT molecular complexity index is 748. The predicted molar refractivity (Wildman–Crippen MR) is 88.2 cm³/mol. The highest BCUT2D eigenvalue weighted by Crippen LogP contribution is 2.32. The van der Waals surface area contributed by atoms with Gasteiger partial charge in [-0.3, -0.25) is 0 Å². The van der Waals surface area contributed by atoms with Crippen LogP contribution in [0.25, 0.3) is 10.9 Å². The quantitative estimate of drug-likeness (QED) is 0.898. The van der Waals surface area contributed by atoms with Gasteiger partial charge in [0.05, 0.1) is 11.3 Å². The summed E-state index contributed by atoms with van der Waals surface area (Å²) in [5.74, 6) is 1.28. The van der Waals surface area contributed by atoms with Crippen molar-refractivity contribution in [3.8, 4) is 0 Å². The highest BCUT2D eigenvalue weighted by molar-refractivity contribution is 7.89. The first kappa shape index (κ1) is 15.3. The fourth-order valence-electron chi connectivity index (χ4n) is 3.45. The number of nitrogens with one attached hydrogen (secondary N) is 1. The normalized spacial score (nSPS) is 22.8. The Kier molecular flexibility index (Phi) is 4.10. The van der Waals surface area contributed by atoms with Crippen molar-refractivity contribution in [1.82, 2.24) is 9.97 Å². The van der Waals surface area contributed by atoms with Crippen LogP contribution < -0.4 is 10.0 Å². The molecule has 0 radical (unpaired) electrons. The number of hydrogen-bond acceptors (Lipinski definition) is 4. The van der Waals surface area contributed by atoms with Crippen molar-refractivity contribution in [3.05, 3.63) is 24.5 Å². The zero-order chi connectivity index (χ0) is 15.7. The molecule has 1 aliphatic rings. The summed E-state index contributed by atoms with van der Waals surface area (Å²) >= 11 is 0. The van der Waals surface area contributed by atoms with Gasteiger partial charge in [0.1, 0.15) is 5.82 Å². The zero-order valence-corrected chi connectivity index (χ0v) is 13.5. The molecule has 0 atom stereocenters. The average Bonchev–Trinajstić information content (AvgIpc) is 2.94. The van der Waals surface area contributed by atoms with Crippen LogP contribution in [0.4, 0.5) is 5.82 Å². The van der Waals surface area contributed by atoms with E-state index in [0.717, 1.165) is 42.4 Å². The second kappa shape index (κ2) is 5.89. The number of anilines is 1. The Morgan fingerprint density at radius 2 is 2.05 bits per heavy atom. The molecular weight excluding hydrogens is 300 g/mol. The molecule has 0 aromatic carbocycles. The number of sulfonamides is 1. The van der Waals surface area contributed by atoms with Crippen LogP contribution in [-0.4, -0.2) is 37.2 Å². The average molecular weight is 322 g/mol. The molecule has 0 spiro atoms. The van der Waals surface area contributed by atoms with Crippen molar-refractivity contribution in [2.45, 2.75) is 31.7 Å². The second-order valence-corrected chi connectivity index (χ2v) is 7.85. The lowest BCUT2D eigenvalue weighted by Crippen LogP contribution is -2.37. The SMILES string of the molecule is CN(c1nccc2[nH]ccc12)C1CCC(CS(N)(=O)=O)CC1. The van der Waals surface area contributed by atoms with E-state index in [4.69, 9.17) is 5.14 Å². The van der Waals surface area contributed by atoms with Crippen LogP contribution in [0.15, 0.2) is 24.5 Å². The summed E-state index contributed by atoms with van der Waals surface area (Å²) in [7, 11) is -1.30. The van der Waals surface area contributed by atoms with Crippen molar-refractivity contribution in [2.75, 3.05) is 17.7 Å². The number of primary sulfonamides is 1. The van der Waals surface area contributed by atoms with Crippen molar-refractivity contribution in [3.63, 3.8) is 0 Å². The molecule has 0 aliphatic heterocycles. The number of H-pyrrole nitrogens is 1. The number of rotatable bonds is 4. The largest absolute Gasteiger partial charge is 0.361 e. The van der Waals surface area contributed by atoms with Crippen LogP contribution in [0.5, 0.6) is 0 Å². The molecule has 0 amide bonds. The fraction of sp³-hybridized carbons (Fsp3) is 0.533. The minimum absolute atomic E-state index is 0.106. The Balaban J connectivity index is 1.70. The van der Waals surface area contributed by atoms with E-state index >= 15 is 0 Å². The van der Waals surface area contributed by atoms with E-state index in [1.165, 1.54) is 0 Å². The number of pyridine rings is 1. The van der Waals surface area contributed by atoms with Crippen molar-refractivity contribution in [2.24, 2.45) is 11.1 Å². The van der Waals surface area contributed by atoms with Crippen LogP contribution in [0.2, 0.25) is 0 Å². The molecule has 3 rings (SSSR count). The maximum absolute atomic E-state index is 11.2. The van der Waals surface area contributed by atoms with E-state index in [0.29, 0.717) is 6.04 Å². The molecule has 1 saturated carbocycles. The van der Waals surface area contributed by atoms with Gasteiger partial charge in [0.2, 0.25) is 10.0 Å². The topological polar surface area (TPSA) is 92.1 Å². The van der Waals surface area contributed by atoms with Crippen LogP contribution in [-0.2, 0) is 10.0 Å². The Morgan fingerprint density at radius 3 is 2.73 bits per heavy atom. The van der Waals surface area contributed by atoms with Gasteiger partial charge in [0.15, 0.2) is 0 Å². The van der Waals surface area contributed by atoms with Gasteiger partial charge in [-0.1, -0.05) is 0 Å². The van der Waals surface area contributed by atoms with E-state index in [2.05, 4.69) is 21.9 Å². The third kappa shape index (κ3) is 3.25. The van der Waals surface area contributed by atoms with Gasteiger partial charge < -0.3 is 9.88 Å². The highest BCUT2D eigenvalue weighted by Gasteiger charge is 2.27. The number of hydrogen-bond donors (Lipinski definition) is 2. The van der Waals surface area contributed by atoms with E-state index in [-0.39, 0.29) is 11.7 Å². The predicted octanol–water partition coefficient (Wildman–Crippen LogP) is 1.85. The lowest BCUT2D eigenvalue weighted by atomic mass is 9.86. The van der Waals surface area contributed by atoms with Gasteiger partial charge in [0, 0.05) is 30.9 Å². The number of fused-ring (bicyclic) bond motifs is 1. The van der Waals surface area contributed by atoms with Crippen LogP contribution in [0.3, 0.4) is 0 Å². The minimum atomic E-state index is -3.37. The summed E-state index contributed by atoms with van der Waals surface area (Å²) in [6.07, 6.45) is 7.48. The Morgan fingerprint density at radius 1 is 1.32 bits per heavy atom. The second-order valence-electron chi connectivity index (χ2n) is 6.19. The standard InChI is InChI=1S/C15H22N4O2S/c1-19(15-13-6-8-17-14(13)7-9-18-15)12-4-2-11(3-5-12)10-22(16,20)21/h6-9,11-12,17H,2-5,10H2,1H3,(H2,16,20,21). The van der Waals surface area contributed by atoms with Crippen molar-refractivity contribution < 1.29 is 8.42 Å². The maximum atomic E-state index is 11.2. The molecule has 1 aliphatic carbocycles. The third-order valence-electron chi connectivity index (χ3n) is 4.62. The molecule has 7 heteroatoms.